The van der Waals surface area contributed by atoms with Crippen LogP contribution in [0.25, 0.3) is 0 Å². The molecule has 0 bridgehead atoms. The number of hydrogen-bond acceptors (Lipinski definition) is 3. The molecule has 0 aliphatic heterocycles. The van der Waals surface area contributed by atoms with Gasteiger partial charge in [-0.3, -0.25) is 9.52 Å². The topological polar surface area (TPSA) is 75.3 Å². The van der Waals surface area contributed by atoms with E-state index < -0.39 is 10.0 Å². The molecule has 0 spiro atoms. The number of anilines is 1. The summed E-state index contributed by atoms with van der Waals surface area (Å²) >= 11 is 0. The molecule has 3 rings (SSSR count). The Morgan fingerprint density at radius 3 is 2.29 bits per heavy atom. The molecule has 0 saturated carbocycles. The first-order valence-electron chi connectivity index (χ1n) is 8.56. The molecule has 3 aromatic carbocycles. The van der Waals surface area contributed by atoms with E-state index in [1.165, 1.54) is 24.3 Å². The van der Waals surface area contributed by atoms with Crippen molar-refractivity contribution in [3.05, 3.63) is 95.3 Å². The third-order valence-corrected chi connectivity index (χ3v) is 5.53. The molecule has 0 unspecified atom stereocenters. The number of halogens is 1. The SMILES string of the molecule is Cc1cc(C(=O)NCc2ccc(F)cc2)ccc1NS(=O)(=O)c1ccccc1. The number of benzene rings is 3. The van der Waals surface area contributed by atoms with Crippen molar-refractivity contribution in [2.75, 3.05) is 4.72 Å². The van der Waals surface area contributed by atoms with Gasteiger partial charge in [-0.2, -0.15) is 0 Å². The van der Waals surface area contributed by atoms with Gasteiger partial charge in [0.2, 0.25) is 0 Å². The molecule has 0 aliphatic carbocycles. The minimum Gasteiger partial charge on any atom is -0.348 e. The zero-order valence-electron chi connectivity index (χ0n) is 15.1. The van der Waals surface area contributed by atoms with Crippen molar-refractivity contribution in [3.63, 3.8) is 0 Å². The van der Waals surface area contributed by atoms with Gasteiger partial charge in [0.25, 0.3) is 15.9 Å². The standard InChI is InChI=1S/C21H19FN2O3S/c1-15-13-17(21(25)23-14-16-7-10-18(22)11-8-16)9-12-20(15)24-28(26,27)19-5-3-2-4-6-19/h2-13,24H,14H2,1H3,(H,23,25). The van der Waals surface area contributed by atoms with Crippen LogP contribution in [-0.2, 0) is 16.6 Å². The molecule has 1 amide bonds. The molecule has 0 fully saturated rings. The summed E-state index contributed by atoms with van der Waals surface area (Å²) in [6.45, 7) is 1.99. The largest absolute Gasteiger partial charge is 0.348 e. The van der Waals surface area contributed by atoms with Gasteiger partial charge in [0, 0.05) is 12.1 Å². The lowest BCUT2D eigenvalue weighted by atomic mass is 10.1. The average Bonchev–Trinajstić information content (AvgIpc) is 2.69. The van der Waals surface area contributed by atoms with Crippen LogP contribution in [0.2, 0.25) is 0 Å². The van der Waals surface area contributed by atoms with E-state index in [1.54, 1.807) is 55.5 Å². The van der Waals surface area contributed by atoms with Gasteiger partial charge in [-0.25, -0.2) is 12.8 Å². The highest BCUT2D eigenvalue weighted by Gasteiger charge is 2.15. The fourth-order valence-electron chi connectivity index (χ4n) is 2.61. The van der Waals surface area contributed by atoms with Gasteiger partial charge >= 0.3 is 0 Å². The molecule has 0 aromatic heterocycles. The lowest BCUT2D eigenvalue weighted by molar-refractivity contribution is 0.0951. The van der Waals surface area contributed by atoms with Crippen LogP contribution in [0.3, 0.4) is 0 Å². The van der Waals surface area contributed by atoms with Gasteiger partial charge in [0.05, 0.1) is 10.6 Å². The molecular formula is C21H19FN2O3S. The molecule has 28 heavy (non-hydrogen) atoms. The third-order valence-electron chi connectivity index (χ3n) is 4.15. The Kier molecular flexibility index (Phi) is 5.75. The van der Waals surface area contributed by atoms with Crippen LogP contribution in [0.5, 0.6) is 0 Å². The quantitative estimate of drug-likeness (QED) is 0.662. The summed E-state index contributed by atoms with van der Waals surface area (Å²) in [6.07, 6.45) is 0. The van der Waals surface area contributed by atoms with Gasteiger partial charge in [0.1, 0.15) is 5.82 Å². The molecule has 0 radical (unpaired) electrons. The van der Waals surface area contributed by atoms with Crippen molar-refractivity contribution in [3.8, 4) is 0 Å². The average molecular weight is 398 g/mol. The van der Waals surface area contributed by atoms with E-state index in [2.05, 4.69) is 10.0 Å². The monoisotopic (exact) mass is 398 g/mol. The highest BCUT2D eigenvalue weighted by Crippen LogP contribution is 2.21. The Labute approximate surface area is 163 Å². The van der Waals surface area contributed by atoms with Crippen molar-refractivity contribution in [2.45, 2.75) is 18.4 Å². The maximum absolute atomic E-state index is 12.9. The van der Waals surface area contributed by atoms with Crippen molar-refractivity contribution >= 4 is 21.6 Å². The van der Waals surface area contributed by atoms with Crippen molar-refractivity contribution in [2.24, 2.45) is 0 Å². The van der Waals surface area contributed by atoms with E-state index >= 15 is 0 Å². The molecule has 2 N–H and O–H groups in total. The van der Waals surface area contributed by atoms with Crippen LogP contribution in [0.4, 0.5) is 10.1 Å². The van der Waals surface area contributed by atoms with E-state index in [4.69, 9.17) is 0 Å². The number of hydrogen-bond donors (Lipinski definition) is 2. The van der Waals surface area contributed by atoms with E-state index in [0.717, 1.165) is 5.56 Å². The van der Waals surface area contributed by atoms with Crippen molar-refractivity contribution < 1.29 is 17.6 Å². The molecule has 0 heterocycles. The predicted molar refractivity (Wildman–Crippen MR) is 106 cm³/mol. The second kappa shape index (κ2) is 8.22. The summed E-state index contributed by atoms with van der Waals surface area (Å²) < 4.78 is 40.3. The van der Waals surface area contributed by atoms with Crippen LogP contribution < -0.4 is 10.0 Å². The molecule has 144 valence electrons. The number of carbonyl (C=O) groups excluding carboxylic acids is 1. The number of nitrogens with one attached hydrogen (secondary N) is 2. The van der Waals surface area contributed by atoms with Gasteiger partial charge in [-0.15, -0.1) is 0 Å². The maximum atomic E-state index is 12.9. The van der Waals surface area contributed by atoms with E-state index in [9.17, 15) is 17.6 Å². The smallest absolute Gasteiger partial charge is 0.261 e. The van der Waals surface area contributed by atoms with Gasteiger partial charge in [0.15, 0.2) is 0 Å². The van der Waals surface area contributed by atoms with Gasteiger partial charge < -0.3 is 5.32 Å². The lowest BCUT2D eigenvalue weighted by Gasteiger charge is -2.12. The fourth-order valence-corrected chi connectivity index (χ4v) is 3.76. The Morgan fingerprint density at radius 2 is 1.64 bits per heavy atom. The molecule has 0 saturated heterocycles. The predicted octanol–water partition coefficient (Wildman–Crippen LogP) is 3.86. The van der Waals surface area contributed by atoms with Gasteiger partial charge in [-0.05, 0) is 60.5 Å². The summed E-state index contributed by atoms with van der Waals surface area (Å²) in [7, 11) is -3.70. The van der Waals surface area contributed by atoms with Crippen LogP contribution in [-0.4, -0.2) is 14.3 Å². The summed E-state index contributed by atoms with van der Waals surface area (Å²) in [5, 5.41) is 2.76. The number of amides is 1. The Hall–Kier alpha value is -3.19. The molecule has 0 atom stereocenters. The Bertz CT molecular complexity index is 1080. The van der Waals surface area contributed by atoms with E-state index in [1.807, 2.05) is 0 Å². The van der Waals surface area contributed by atoms with Crippen LogP contribution in [0.1, 0.15) is 21.5 Å². The zero-order valence-corrected chi connectivity index (χ0v) is 16.0. The van der Waals surface area contributed by atoms with E-state index in [-0.39, 0.29) is 23.2 Å². The molecule has 3 aromatic rings. The second-order valence-electron chi connectivity index (χ2n) is 6.26. The van der Waals surface area contributed by atoms with Crippen LogP contribution >= 0.6 is 0 Å². The van der Waals surface area contributed by atoms with E-state index in [0.29, 0.717) is 16.8 Å². The maximum Gasteiger partial charge on any atom is 0.261 e. The molecule has 5 nitrogen and oxygen atoms in total. The van der Waals surface area contributed by atoms with Crippen molar-refractivity contribution in [1.82, 2.24) is 5.32 Å². The number of aryl methyl sites for hydroxylation is 1. The highest BCUT2D eigenvalue weighted by molar-refractivity contribution is 7.92. The van der Waals surface area contributed by atoms with Crippen LogP contribution in [0.15, 0.2) is 77.7 Å². The van der Waals surface area contributed by atoms with Crippen LogP contribution in [0, 0.1) is 12.7 Å². The number of rotatable bonds is 6. The first-order valence-corrected chi connectivity index (χ1v) is 10.0. The first-order chi connectivity index (χ1) is 13.3. The number of carbonyl (C=O) groups is 1. The molecule has 7 heteroatoms. The summed E-state index contributed by atoms with van der Waals surface area (Å²) in [5.41, 5.74) is 2.20. The summed E-state index contributed by atoms with van der Waals surface area (Å²) in [5.74, 6) is -0.635. The Morgan fingerprint density at radius 1 is 0.964 bits per heavy atom. The number of sulfonamides is 1. The second-order valence-corrected chi connectivity index (χ2v) is 7.94. The Balaban J connectivity index is 1.69. The first kappa shape index (κ1) is 19.6. The minimum atomic E-state index is -3.70. The van der Waals surface area contributed by atoms with Gasteiger partial charge in [-0.1, -0.05) is 30.3 Å². The fraction of sp³-hybridized carbons (Fsp3) is 0.0952. The molecule has 0 aliphatic rings. The minimum absolute atomic E-state index is 0.163. The summed E-state index contributed by atoms with van der Waals surface area (Å²) in [4.78, 5) is 12.5. The highest BCUT2D eigenvalue weighted by atomic mass is 32.2. The third kappa shape index (κ3) is 4.75. The zero-order chi connectivity index (χ0) is 20.1. The van der Waals surface area contributed by atoms with Crippen molar-refractivity contribution in [1.29, 1.82) is 0 Å². The lowest BCUT2D eigenvalue weighted by Crippen LogP contribution is -2.23. The molecular weight excluding hydrogens is 379 g/mol. The summed E-state index contributed by atoms with van der Waals surface area (Å²) in [6, 6.07) is 18.6. The normalized spacial score (nSPS) is 11.1.